The monoisotopic (exact) mass is 238 g/mol. The van der Waals surface area contributed by atoms with Crippen LogP contribution < -0.4 is 0 Å². The molecule has 0 aromatic heterocycles. The zero-order valence-corrected chi connectivity index (χ0v) is 10.1. The summed E-state index contributed by atoms with van der Waals surface area (Å²) in [5, 5.41) is 0. The Morgan fingerprint density at radius 3 is 2.88 bits per heavy atom. The molecule has 4 heteroatoms. The number of ether oxygens (including phenoxy) is 2. The van der Waals surface area contributed by atoms with Crippen LogP contribution >= 0.6 is 0 Å². The quantitative estimate of drug-likeness (QED) is 0.599. The number of benzene rings is 1. The second kappa shape index (κ2) is 4.11. The van der Waals surface area contributed by atoms with Crippen LogP contribution in [0.15, 0.2) is 18.2 Å². The van der Waals surface area contributed by atoms with Crippen molar-refractivity contribution in [2.75, 3.05) is 6.61 Å². The lowest BCUT2D eigenvalue weighted by atomic mass is 9.96. The number of rotatable bonds is 3. The van der Waals surface area contributed by atoms with Crippen LogP contribution in [0.2, 0.25) is 0 Å². The van der Waals surface area contributed by atoms with E-state index < -0.39 is 17.7 Å². The molecule has 2 unspecified atom stereocenters. The van der Waals surface area contributed by atoms with Crippen LogP contribution in [0.1, 0.15) is 25.0 Å². The maximum Gasteiger partial charge on any atom is 0.338 e. The molecule has 17 heavy (non-hydrogen) atoms. The Morgan fingerprint density at radius 2 is 2.29 bits per heavy atom. The zero-order chi connectivity index (χ0) is 12.6. The minimum atomic E-state index is -0.749. The third kappa shape index (κ3) is 2.05. The fourth-order valence-corrected chi connectivity index (χ4v) is 1.82. The Hall–Kier alpha value is -1.42. The van der Waals surface area contributed by atoms with Gasteiger partial charge in [-0.15, -0.1) is 0 Å². The maximum absolute atomic E-state index is 13.4. The van der Waals surface area contributed by atoms with Gasteiger partial charge >= 0.3 is 5.97 Å². The van der Waals surface area contributed by atoms with Crippen LogP contribution in [0.5, 0.6) is 0 Å². The molecule has 1 aliphatic heterocycles. The Labute approximate surface area is 99.5 Å². The second-order valence-corrected chi connectivity index (χ2v) is 4.32. The summed E-state index contributed by atoms with van der Waals surface area (Å²) < 4.78 is 23.7. The number of carbonyl (C=O) groups is 1. The van der Waals surface area contributed by atoms with Crippen molar-refractivity contribution in [3.63, 3.8) is 0 Å². The first kappa shape index (κ1) is 12.0. The van der Waals surface area contributed by atoms with E-state index >= 15 is 0 Å². The summed E-state index contributed by atoms with van der Waals surface area (Å²) in [6, 6.07) is 4.87. The van der Waals surface area contributed by atoms with Crippen LogP contribution in [0, 0.1) is 12.7 Å². The van der Waals surface area contributed by atoms with E-state index in [-0.39, 0.29) is 5.82 Å². The van der Waals surface area contributed by atoms with Gasteiger partial charge in [-0.2, -0.15) is 0 Å². The molecule has 0 amide bonds. The van der Waals surface area contributed by atoms with Crippen molar-refractivity contribution >= 4 is 5.97 Å². The summed E-state index contributed by atoms with van der Waals surface area (Å²) in [6.45, 7) is 5.51. The molecule has 1 heterocycles. The third-order valence-electron chi connectivity index (χ3n) is 3.05. The van der Waals surface area contributed by atoms with Gasteiger partial charge in [0.2, 0.25) is 0 Å². The molecular formula is C13H15FO3. The average molecular weight is 238 g/mol. The number of aryl methyl sites for hydroxylation is 1. The first-order valence-corrected chi connectivity index (χ1v) is 5.60. The number of epoxide rings is 1. The molecule has 0 bridgehead atoms. The smallest absolute Gasteiger partial charge is 0.338 e. The fourth-order valence-electron chi connectivity index (χ4n) is 1.82. The van der Waals surface area contributed by atoms with Gasteiger partial charge < -0.3 is 9.47 Å². The van der Waals surface area contributed by atoms with Crippen molar-refractivity contribution in [1.29, 1.82) is 0 Å². The van der Waals surface area contributed by atoms with Crippen LogP contribution in [0.3, 0.4) is 0 Å². The molecule has 2 atom stereocenters. The van der Waals surface area contributed by atoms with E-state index in [0.29, 0.717) is 17.7 Å². The van der Waals surface area contributed by atoms with Crippen molar-refractivity contribution < 1.29 is 18.7 Å². The number of halogens is 1. The lowest BCUT2D eigenvalue weighted by molar-refractivity contribution is -0.144. The molecule has 1 aliphatic rings. The van der Waals surface area contributed by atoms with E-state index in [4.69, 9.17) is 9.47 Å². The molecule has 1 aromatic rings. The molecule has 3 nitrogen and oxygen atoms in total. The number of carbonyl (C=O) groups excluding carboxylic acids is 1. The predicted octanol–water partition coefficient (Wildman–Crippen LogP) is 2.31. The van der Waals surface area contributed by atoms with E-state index in [1.807, 2.05) is 0 Å². The second-order valence-electron chi connectivity index (χ2n) is 4.32. The van der Waals surface area contributed by atoms with Gasteiger partial charge in [0, 0.05) is 0 Å². The van der Waals surface area contributed by atoms with Gasteiger partial charge in [-0.05, 0) is 38.0 Å². The van der Waals surface area contributed by atoms with Crippen molar-refractivity contribution in [2.24, 2.45) is 0 Å². The molecule has 0 aliphatic carbocycles. The fraction of sp³-hybridized carbons (Fsp3) is 0.462. The topological polar surface area (TPSA) is 38.8 Å². The van der Waals surface area contributed by atoms with Gasteiger partial charge in [0.1, 0.15) is 11.4 Å². The molecule has 0 radical (unpaired) electrons. The molecule has 2 rings (SSSR count). The largest absolute Gasteiger partial charge is 0.464 e. The SMILES string of the molecule is CCOC(=O)C1OC1(C)c1ccc(C)c(F)c1. The first-order valence-electron chi connectivity index (χ1n) is 5.60. The van der Waals surface area contributed by atoms with Crippen LogP contribution in [-0.4, -0.2) is 18.7 Å². The van der Waals surface area contributed by atoms with Gasteiger partial charge in [0.15, 0.2) is 6.10 Å². The lowest BCUT2D eigenvalue weighted by Crippen LogP contribution is -2.19. The Kier molecular flexibility index (Phi) is 2.91. The highest BCUT2D eigenvalue weighted by molar-refractivity contribution is 5.79. The van der Waals surface area contributed by atoms with Crippen LogP contribution in [0.25, 0.3) is 0 Å². The third-order valence-corrected chi connectivity index (χ3v) is 3.05. The molecule has 1 fully saturated rings. The summed E-state index contributed by atoms with van der Waals surface area (Å²) in [7, 11) is 0. The van der Waals surface area contributed by atoms with Gasteiger partial charge in [0.05, 0.1) is 6.61 Å². The molecule has 0 spiro atoms. The molecule has 0 saturated carbocycles. The van der Waals surface area contributed by atoms with Crippen molar-refractivity contribution in [3.05, 3.63) is 35.1 Å². The Bertz CT molecular complexity index is 458. The molecule has 92 valence electrons. The molecular weight excluding hydrogens is 223 g/mol. The minimum Gasteiger partial charge on any atom is -0.464 e. The van der Waals surface area contributed by atoms with E-state index in [1.165, 1.54) is 6.07 Å². The van der Waals surface area contributed by atoms with Gasteiger partial charge in [-0.1, -0.05) is 12.1 Å². The van der Waals surface area contributed by atoms with Gasteiger partial charge in [-0.25, -0.2) is 9.18 Å². The summed E-state index contributed by atoms with van der Waals surface area (Å²) >= 11 is 0. The number of hydrogen-bond donors (Lipinski definition) is 0. The zero-order valence-electron chi connectivity index (χ0n) is 10.1. The summed E-state index contributed by atoms with van der Waals surface area (Å²) in [5.41, 5.74) is 0.491. The lowest BCUT2D eigenvalue weighted by Gasteiger charge is -2.08. The normalized spacial score (nSPS) is 26.7. The Balaban J connectivity index is 2.19. The summed E-state index contributed by atoms with van der Waals surface area (Å²) in [4.78, 5) is 11.5. The highest BCUT2D eigenvalue weighted by Gasteiger charge is 2.59. The van der Waals surface area contributed by atoms with E-state index in [9.17, 15) is 9.18 Å². The molecule has 0 N–H and O–H groups in total. The van der Waals surface area contributed by atoms with E-state index in [1.54, 1.807) is 32.9 Å². The summed E-state index contributed by atoms with van der Waals surface area (Å²) in [6.07, 6.45) is -0.621. The summed E-state index contributed by atoms with van der Waals surface area (Å²) in [5.74, 6) is -0.683. The van der Waals surface area contributed by atoms with Gasteiger partial charge in [-0.3, -0.25) is 0 Å². The van der Waals surface area contributed by atoms with E-state index in [0.717, 1.165) is 0 Å². The maximum atomic E-state index is 13.4. The number of hydrogen-bond acceptors (Lipinski definition) is 3. The highest BCUT2D eigenvalue weighted by atomic mass is 19.1. The number of esters is 1. The van der Waals surface area contributed by atoms with Crippen molar-refractivity contribution in [2.45, 2.75) is 32.5 Å². The van der Waals surface area contributed by atoms with Crippen molar-refractivity contribution in [3.8, 4) is 0 Å². The first-order chi connectivity index (χ1) is 7.99. The predicted molar refractivity (Wildman–Crippen MR) is 60.0 cm³/mol. The molecule has 1 saturated heterocycles. The van der Waals surface area contributed by atoms with Crippen molar-refractivity contribution in [1.82, 2.24) is 0 Å². The molecule has 1 aromatic carbocycles. The van der Waals surface area contributed by atoms with Gasteiger partial charge in [0.25, 0.3) is 0 Å². The average Bonchev–Trinajstić information content (AvgIpc) is 2.97. The van der Waals surface area contributed by atoms with Crippen LogP contribution in [-0.2, 0) is 19.9 Å². The minimum absolute atomic E-state index is 0.290. The standard InChI is InChI=1S/C13H15FO3/c1-4-16-12(15)11-13(3,17-11)9-6-5-8(2)10(14)7-9/h5-7,11H,4H2,1-3H3. The van der Waals surface area contributed by atoms with E-state index in [2.05, 4.69) is 0 Å². The van der Waals surface area contributed by atoms with Crippen LogP contribution in [0.4, 0.5) is 4.39 Å². The Morgan fingerprint density at radius 1 is 1.59 bits per heavy atom. The highest BCUT2D eigenvalue weighted by Crippen LogP contribution is 2.46.